The summed E-state index contributed by atoms with van der Waals surface area (Å²) in [5, 5.41) is 17.5. The van der Waals surface area contributed by atoms with Crippen LogP contribution in [0.4, 0.5) is 11.6 Å². The average molecular weight is 402 g/mol. The topological polar surface area (TPSA) is 103 Å². The van der Waals surface area contributed by atoms with Crippen molar-refractivity contribution < 1.29 is 9.72 Å². The van der Waals surface area contributed by atoms with Crippen molar-refractivity contribution in [3.63, 3.8) is 0 Å². The van der Waals surface area contributed by atoms with Crippen molar-refractivity contribution in [3.8, 4) is 0 Å². The van der Waals surface area contributed by atoms with Crippen LogP contribution < -0.4 is 5.32 Å². The maximum absolute atomic E-state index is 12.5. The third-order valence-corrected chi connectivity index (χ3v) is 3.80. The van der Waals surface area contributed by atoms with Crippen LogP contribution in [0.15, 0.2) is 59.2 Å². The molecule has 0 aliphatic carbocycles. The summed E-state index contributed by atoms with van der Waals surface area (Å²) in [6, 6.07) is 13.8. The third-order valence-electron chi connectivity index (χ3n) is 3.33. The van der Waals surface area contributed by atoms with Gasteiger partial charge in [-0.05, 0) is 38.5 Å². The first-order chi connectivity index (χ1) is 12.0. The molecule has 0 saturated heterocycles. The summed E-state index contributed by atoms with van der Waals surface area (Å²) >= 11 is 3.26. The van der Waals surface area contributed by atoms with Crippen LogP contribution in [0.3, 0.4) is 0 Å². The van der Waals surface area contributed by atoms with E-state index in [1.165, 1.54) is 4.68 Å². The smallest absolute Gasteiger partial charge is 0.358 e. The number of carbonyl (C=O) groups is 1. The molecule has 0 bridgehead atoms. The van der Waals surface area contributed by atoms with E-state index >= 15 is 0 Å². The van der Waals surface area contributed by atoms with Crippen LogP contribution in [0.2, 0.25) is 0 Å². The molecular formula is C16H12BrN5O3. The number of halogens is 1. The minimum Gasteiger partial charge on any atom is -0.358 e. The molecule has 1 aromatic carbocycles. The molecule has 9 heteroatoms. The van der Waals surface area contributed by atoms with Crippen molar-refractivity contribution in [2.75, 3.05) is 5.32 Å². The molecule has 126 valence electrons. The van der Waals surface area contributed by atoms with Crippen LogP contribution in [0.1, 0.15) is 16.1 Å². The number of pyridine rings is 1. The number of nitrogens with zero attached hydrogens (tertiary/aromatic N) is 4. The van der Waals surface area contributed by atoms with Crippen LogP contribution in [-0.4, -0.2) is 25.6 Å². The van der Waals surface area contributed by atoms with Gasteiger partial charge in [-0.2, -0.15) is 4.68 Å². The standard InChI is InChI=1S/C16H12BrN5O3/c17-12-6-7-14(18-9-12)19-16(23)13-8-15(22(24)25)20-21(13)10-11-4-2-1-3-5-11/h1-9H,10H2,(H,18,19,23). The summed E-state index contributed by atoms with van der Waals surface area (Å²) in [6.45, 7) is 0.241. The van der Waals surface area contributed by atoms with E-state index in [9.17, 15) is 14.9 Å². The Morgan fingerprint density at radius 1 is 1.24 bits per heavy atom. The first-order valence-corrected chi connectivity index (χ1v) is 8.01. The number of hydrogen-bond donors (Lipinski definition) is 1. The largest absolute Gasteiger partial charge is 0.390 e. The lowest BCUT2D eigenvalue weighted by atomic mass is 10.2. The van der Waals surface area contributed by atoms with Crippen LogP contribution in [0.25, 0.3) is 0 Å². The Labute approximate surface area is 150 Å². The highest BCUT2D eigenvalue weighted by molar-refractivity contribution is 9.10. The minimum absolute atomic E-state index is 0.0836. The fourth-order valence-corrected chi connectivity index (χ4v) is 2.42. The van der Waals surface area contributed by atoms with Gasteiger partial charge in [0, 0.05) is 10.7 Å². The summed E-state index contributed by atoms with van der Waals surface area (Å²) < 4.78 is 2.08. The van der Waals surface area contributed by atoms with Gasteiger partial charge in [-0.1, -0.05) is 30.3 Å². The van der Waals surface area contributed by atoms with Gasteiger partial charge < -0.3 is 15.4 Å². The second-order valence-electron chi connectivity index (χ2n) is 5.10. The molecule has 3 rings (SSSR count). The van der Waals surface area contributed by atoms with Crippen molar-refractivity contribution in [1.82, 2.24) is 14.8 Å². The maximum Gasteiger partial charge on any atom is 0.390 e. The van der Waals surface area contributed by atoms with E-state index in [1.54, 1.807) is 18.3 Å². The number of nitrogens with one attached hydrogen (secondary N) is 1. The summed E-state index contributed by atoms with van der Waals surface area (Å²) in [6.07, 6.45) is 1.54. The van der Waals surface area contributed by atoms with E-state index < -0.39 is 10.8 Å². The number of aromatic nitrogens is 3. The van der Waals surface area contributed by atoms with Gasteiger partial charge in [0.1, 0.15) is 5.82 Å². The molecule has 0 saturated carbocycles. The molecule has 2 heterocycles. The number of carbonyl (C=O) groups excluding carboxylic acids is 1. The number of anilines is 1. The average Bonchev–Trinajstić information content (AvgIpc) is 3.02. The first kappa shape index (κ1) is 16.8. The zero-order valence-corrected chi connectivity index (χ0v) is 14.4. The third kappa shape index (κ3) is 4.07. The zero-order chi connectivity index (χ0) is 17.8. The van der Waals surface area contributed by atoms with Gasteiger partial charge in [-0.3, -0.25) is 4.79 Å². The first-order valence-electron chi connectivity index (χ1n) is 7.22. The zero-order valence-electron chi connectivity index (χ0n) is 12.8. The predicted octanol–water partition coefficient (Wildman–Crippen LogP) is 3.25. The summed E-state index contributed by atoms with van der Waals surface area (Å²) in [4.78, 5) is 26.9. The predicted molar refractivity (Wildman–Crippen MR) is 94.3 cm³/mol. The number of amides is 1. The Balaban J connectivity index is 1.89. The summed E-state index contributed by atoms with van der Waals surface area (Å²) in [7, 11) is 0. The second kappa shape index (κ2) is 7.22. The van der Waals surface area contributed by atoms with Gasteiger partial charge >= 0.3 is 5.82 Å². The maximum atomic E-state index is 12.5. The van der Waals surface area contributed by atoms with Crippen molar-refractivity contribution in [2.24, 2.45) is 0 Å². The van der Waals surface area contributed by atoms with E-state index in [-0.39, 0.29) is 18.1 Å². The Kier molecular flexibility index (Phi) is 4.85. The minimum atomic E-state index is -0.629. The Morgan fingerprint density at radius 3 is 2.64 bits per heavy atom. The van der Waals surface area contributed by atoms with Gasteiger partial charge in [-0.15, -0.1) is 0 Å². The quantitative estimate of drug-likeness (QED) is 0.521. The van der Waals surface area contributed by atoms with Crippen molar-refractivity contribution in [2.45, 2.75) is 6.54 Å². The molecular weight excluding hydrogens is 390 g/mol. The molecule has 0 aliphatic heterocycles. The molecule has 0 fully saturated rings. The van der Waals surface area contributed by atoms with Gasteiger partial charge in [-0.25, -0.2) is 4.98 Å². The Bertz CT molecular complexity index is 909. The fourth-order valence-electron chi connectivity index (χ4n) is 2.18. The van der Waals surface area contributed by atoms with Crippen LogP contribution in [-0.2, 0) is 6.54 Å². The monoisotopic (exact) mass is 401 g/mol. The lowest BCUT2D eigenvalue weighted by molar-refractivity contribution is -0.389. The van der Waals surface area contributed by atoms with E-state index in [0.29, 0.717) is 5.82 Å². The van der Waals surface area contributed by atoms with Crippen LogP contribution in [0.5, 0.6) is 0 Å². The highest BCUT2D eigenvalue weighted by Crippen LogP contribution is 2.16. The number of rotatable bonds is 5. The van der Waals surface area contributed by atoms with Crippen molar-refractivity contribution in [3.05, 3.63) is 80.6 Å². The molecule has 0 spiro atoms. The SMILES string of the molecule is O=C(Nc1ccc(Br)cn1)c1cc([N+](=O)[O-])nn1Cc1ccccc1. The fraction of sp³-hybridized carbons (Fsp3) is 0.0625. The van der Waals surface area contributed by atoms with E-state index in [1.807, 2.05) is 30.3 Å². The second-order valence-corrected chi connectivity index (χ2v) is 6.02. The molecule has 25 heavy (non-hydrogen) atoms. The molecule has 2 aromatic heterocycles. The van der Waals surface area contributed by atoms with E-state index in [2.05, 4.69) is 31.3 Å². The Morgan fingerprint density at radius 2 is 2.00 bits per heavy atom. The number of hydrogen-bond acceptors (Lipinski definition) is 5. The molecule has 0 atom stereocenters. The van der Waals surface area contributed by atoms with Crippen molar-refractivity contribution >= 4 is 33.5 Å². The van der Waals surface area contributed by atoms with E-state index in [4.69, 9.17) is 0 Å². The van der Waals surface area contributed by atoms with Gasteiger partial charge in [0.2, 0.25) is 0 Å². The van der Waals surface area contributed by atoms with Crippen LogP contribution in [0, 0.1) is 10.1 Å². The summed E-state index contributed by atoms with van der Waals surface area (Å²) in [5.41, 5.74) is 0.955. The Hall–Kier alpha value is -3.07. The van der Waals surface area contributed by atoms with Crippen LogP contribution >= 0.6 is 15.9 Å². The van der Waals surface area contributed by atoms with Crippen molar-refractivity contribution in [1.29, 1.82) is 0 Å². The summed E-state index contributed by atoms with van der Waals surface area (Å²) in [5.74, 6) is -0.570. The lowest BCUT2D eigenvalue weighted by Crippen LogP contribution is -2.18. The molecule has 3 aromatic rings. The number of benzene rings is 1. The highest BCUT2D eigenvalue weighted by atomic mass is 79.9. The normalized spacial score (nSPS) is 10.4. The van der Waals surface area contributed by atoms with Gasteiger partial charge in [0.15, 0.2) is 5.69 Å². The molecule has 1 N–H and O–H groups in total. The molecule has 0 unspecified atom stereocenters. The molecule has 1 amide bonds. The van der Waals surface area contributed by atoms with E-state index in [0.717, 1.165) is 16.1 Å². The molecule has 0 aliphatic rings. The number of nitro groups is 1. The van der Waals surface area contributed by atoms with Gasteiger partial charge in [0.25, 0.3) is 5.91 Å². The molecule has 0 radical (unpaired) electrons. The lowest BCUT2D eigenvalue weighted by Gasteiger charge is -2.05. The molecule has 8 nitrogen and oxygen atoms in total. The van der Waals surface area contributed by atoms with Gasteiger partial charge in [0.05, 0.1) is 17.7 Å². The highest BCUT2D eigenvalue weighted by Gasteiger charge is 2.23.